The Morgan fingerprint density at radius 2 is 1.68 bits per heavy atom. The Balaban J connectivity index is 2.40. The molecule has 0 saturated heterocycles. The van der Waals surface area contributed by atoms with Crippen LogP contribution in [0.4, 0.5) is 0 Å². The Morgan fingerprint density at radius 3 is 2.27 bits per heavy atom. The van der Waals surface area contributed by atoms with Gasteiger partial charge in [0, 0.05) is 11.4 Å². The Labute approximate surface area is 135 Å². The van der Waals surface area contributed by atoms with Crippen molar-refractivity contribution < 1.29 is 4.55 Å². The molecule has 1 N–H and O–H groups in total. The number of rotatable bonds is 4. The van der Waals surface area contributed by atoms with Crippen LogP contribution >= 0.6 is 0 Å². The summed E-state index contributed by atoms with van der Waals surface area (Å²) in [6.45, 7) is 5.80. The molecule has 0 aliphatic carbocycles. The summed E-state index contributed by atoms with van der Waals surface area (Å²) in [5.41, 5.74) is 2.56. The first-order chi connectivity index (χ1) is 10.4. The van der Waals surface area contributed by atoms with Crippen molar-refractivity contribution in [2.24, 2.45) is 0 Å². The first-order valence-electron chi connectivity index (χ1n) is 7.15. The maximum Gasteiger partial charge on any atom is 0.136 e. The van der Waals surface area contributed by atoms with Gasteiger partial charge in [-0.2, -0.15) is 5.26 Å². The largest absolute Gasteiger partial charge is 0.598 e. The van der Waals surface area contributed by atoms with Gasteiger partial charge in [-0.15, -0.1) is 4.72 Å². The van der Waals surface area contributed by atoms with Crippen molar-refractivity contribution in [2.75, 3.05) is 0 Å². The lowest BCUT2D eigenvalue weighted by molar-refractivity contribution is 0.535. The van der Waals surface area contributed by atoms with Crippen molar-refractivity contribution in [3.05, 3.63) is 71.3 Å². The summed E-state index contributed by atoms with van der Waals surface area (Å²) in [6, 6.07) is 19.2. The third-order valence-corrected chi connectivity index (χ3v) is 4.83. The van der Waals surface area contributed by atoms with E-state index < -0.39 is 11.4 Å². The summed E-state index contributed by atoms with van der Waals surface area (Å²) in [6.07, 6.45) is 0. The molecule has 0 radical (unpaired) electrons. The summed E-state index contributed by atoms with van der Waals surface area (Å²) >= 11 is -1.21. The predicted molar refractivity (Wildman–Crippen MR) is 90.5 cm³/mol. The van der Waals surface area contributed by atoms with E-state index in [0.717, 1.165) is 11.1 Å². The molecule has 0 aliphatic rings. The van der Waals surface area contributed by atoms with Crippen molar-refractivity contribution in [1.29, 1.82) is 5.26 Å². The topological polar surface area (TPSA) is 58.9 Å². The van der Waals surface area contributed by atoms with E-state index in [4.69, 9.17) is 5.26 Å². The number of nitrogens with one attached hydrogen (secondary N) is 1. The van der Waals surface area contributed by atoms with E-state index in [1.807, 2.05) is 69.3 Å². The minimum atomic E-state index is -1.21. The summed E-state index contributed by atoms with van der Waals surface area (Å²) in [5, 5.41) is 9.10. The van der Waals surface area contributed by atoms with E-state index >= 15 is 0 Å². The quantitative estimate of drug-likeness (QED) is 0.876. The van der Waals surface area contributed by atoms with Crippen molar-refractivity contribution >= 4 is 11.4 Å². The Hall–Kier alpha value is -1.80. The molecule has 2 aromatic rings. The van der Waals surface area contributed by atoms with Gasteiger partial charge in [-0.1, -0.05) is 42.5 Å². The maximum absolute atomic E-state index is 12.5. The summed E-state index contributed by atoms with van der Waals surface area (Å²) in [4.78, 5) is 0. The van der Waals surface area contributed by atoms with Crippen LogP contribution in [0.5, 0.6) is 0 Å². The predicted octanol–water partition coefficient (Wildman–Crippen LogP) is 3.70. The van der Waals surface area contributed by atoms with Crippen LogP contribution in [0.1, 0.15) is 43.5 Å². The van der Waals surface area contributed by atoms with Crippen LogP contribution in [0.25, 0.3) is 0 Å². The molecular formula is C18H20N2OS. The molecule has 22 heavy (non-hydrogen) atoms. The van der Waals surface area contributed by atoms with Crippen LogP contribution in [-0.4, -0.2) is 9.30 Å². The zero-order chi connectivity index (χ0) is 16.2. The lowest BCUT2D eigenvalue weighted by Gasteiger charge is -2.28. The number of nitrogens with zero attached hydrogens (tertiary/aromatic N) is 1. The fraction of sp³-hybridized carbons (Fsp3) is 0.278. The van der Waals surface area contributed by atoms with Crippen LogP contribution in [0, 0.1) is 11.3 Å². The molecule has 114 valence electrons. The molecule has 0 aromatic heterocycles. The minimum absolute atomic E-state index is 0.213. The number of hydrogen-bond donors (Lipinski definition) is 1. The highest BCUT2D eigenvalue weighted by molar-refractivity contribution is 7.90. The van der Waals surface area contributed by atoms with Crippen LogP contribution < -0.4 is 4.72 Å². The summed E-state index contributed by atoms with van der Waals surface area (Å²) < 4.78 is 15.4. The Morgan fingerprint density at radius 1 is 1.05 bits per heavy atom. The third kappa shape index (κ3) is 4.11. The molecule has 3 nitrogen and oxygen atoms in total. The van der Waals surface area contributed by atoms with Crippen LogP contribution in [0.3, 0.4) is 0 Å². The highest BCUT2D eigenvalue weighted by atomic mass is 32.2. The van der Waals surface area contributed by atoms with Gasteiger partial charge in [0.05, 0.1) is 11.6 Å². The van der Waals surface area contributed by atoms with Gasteiger partial charge in [0.25, 0.3) is 0 Å². The average Bonchev–Trinajstić information content (AvgIpc) is 2.52. The smallest absolute Gasteiger partial charge is 0.136 e. The second kappa shape index (κ2) is 6.97. The van der Waals surface area contributed by atoms with Crippen LogP contribution in [-0.2, 0) is 11.4 Å². The molecular weight excluding hydrogens is 292 g/mol. The van der Waals surface area contributed by atoms with Crippen LogP contribution in [0.15, 0.2) is 54.6 Å². The normalized spacial score (nSPS) is 14.1. The monoisotopic (exact) mass is 312 g/mol. The molecule has 2 rings (SSSR count). The summed E-state index contributed by atoms with van der Waals surface area (Å²) in [7, 11) is 0. The van der Waals surface area contributed by atoms with E-state index in [1.54, 1.807) is 6.07 Å². The molecule has 0 spiro atoms. The van der Waals surface area contributed by atoms with Crippen molar-refractivity contribution in [1.82, 2.24) is 4.72 Å². The van der Waals surface area contributed by atoms with Gasteiger partial charge in [-0.25, -0.2) is 0 Å². The number of hydrogen-bond acceptors (Lipinski definition) is 3. The van der Waals surface area contributed by atoms with Gasteiger partial charge in [-0.05, 0) is 44.0 Å². The van der Waals surface area contributed by atoms with Gasteiger partial charge in [0.15, 0.2) is 0 Å². The van der Waals surface area contributed by atoms with Gasteiger partial charge >= 0.3 is 0 Å². The second-order valence-corrected chi connectivity index (χ2v) is 8.08. The second-order valence-electron chi connectivity index (χ2n) is 6.08. The van der Waals surface area contributed by atoms with Gasteiger partial charge in [0.2, 0.25) is 0 Å². The first-order valence-corrected chi connectivity index (χ1v) is 8.30. The molecule has 0 unspecified atom stereocenters. The highest BCUT2D eigenvalue weighted by Crippen LogP contribution is 2.26. The molecule has 0 fully saturated rings. The van der Waals surface area contributed by atoms with E-state index in [-0.39, 0.29) is 10.8 Å². The Bertz CT molecular complexity index is 659. The minimum Gasteiger partial charge on any atom is -0.598 e. The lowest BCUT2D eigenvalue weighted by Crippen LogP contribution is -2.41. The van der Waals surface area contributed by atoms with Crippen molar-refractivity contribution in [2.45, 2.75) is 31.6 Å². The third-order valence-electron chi connectivity index (χ3n) is 3.26. The molecule has 0 amide bonds. The SMILES string of the molecule is CC(C)(C)[S@+]([O-])N[C@@H](c1ccccc1)c1cccc(C#N)c1. The van der Waals surface area contributed by atoms with Gasteiger partial charge in [-0.3, -0.25) is 0 Å². The molecule has 0 heterocycles. The summed E-state index contributed by atoms with van der Waals surface area (Å²) in [5.74, 6) is 0. The lowest BCUT2D eigenvalue weighted by atomic mass is 9.98. The van der Waals surface area contributed by atoms with Crippen LogP contribution in [0.2, 0.25) is 0 Å². The average molecular weight is 312 g/mol. The zero-order valence-electron chi connectivity index (χ0n) is 13.0. The van der Waals surface area contributed by atoms with Gasteiger partial charge in [0.1, 0.15) is 10.8 Å². The molecule has 0 bridgehead atoms. The van der Waals surface area contributed by atoms with Crippen molar-refractivity contribution in [3.8, 4) is 6.07 Å². The molecule has 2 atom stereocenters. The Kier molecular flexibility index (Phi) is 5.25. The number of nitriles is 1. The van der Waals surface area contributed by atoms with E-state index in [0.29, 0.717) is 5.56 Å². The fourth-order valence-electron chi connectivity index (χ4n) is 2.05. The highest BCUT2D eigenvalue weighted by Gasteiger charge is 2.30. The molecule has 0 aliphatic heterocycles. The van der Waals surface area contributed by atoms with E-state index in [9.17, 15) is 4.55 Å². The molecule has 4 heteroatoms. The molecule has 0 saturated carbocycles. The molecule has 2 aromatic carbocycles. The van der Waals surface area contributed by atoms with Crippen molar-refractivity contribution in [3.63, 3.8) is 0 Å². The first kappa shape index (κ1) is 16.6. The maximum atomic E-state index is 12.5. The number of benzene rings is 2. The van der Waals surface area contributed by atoms with E-state index in [2.05, 4.69) is 10.8 Å². The van der Waals surface area contributed by atoms with E-state index in [1.165, 1.54) is 0 Å². The zero-order valence-corrected chi connectivity index (χ0v) is 13.9. The van der Waals surface area contributed by atoms with Gasteiger partial charge < -0.3 is 4.55 Å². The standard InChI is InChI=1S/C18H20N2OS/c1-18(2,3)22(21)20-17(15-9-5-4-6-10-15)16-11-7-8-14(12-16)13-19/h4-12,17,20H,1-3H3/t17-,22-/m0/s1. The fourth-order valence-corrected chi connectivity index (χ4v) is 2.89.